The van der Waals surface area contributed by atoms with Crippen molar-refractivity contribution in [2.75, 3.05) is 6.61 Å². The second kappa shape index (κ2) is 7.17. The Morgan fingerprint density at radius 1 is 1.42 bits per heavy atom. The van der Waals surface area contributed by atoms with Gasteiger partial charge in [-0.2, -0.15) is 0 Å². The van der Waals surface area contributed by atoms with Gasteiger partial charge in [-0.15, -0.1) is 0 Å². The Balaban J connectivity index is 2.77. The van der Waals surface area contributed by atoms with E-state index >= 15 is 0 Å². The molecule has 0 radical (unpaired) electrons. The summed E-state index contributed by atoms with van der Waals surface area (Å²) in [5.74, 6) is 3.13. The molecule has 19 heavy (non-hydrogen) atoms. The van der Waals surface area contributed by atoms with Crippen molar-refractivity contribution in [3.63, 3.8) is 0 Å². The van der Waals surface area contributed by atoms with Crippen LogP contribution in [-0.2, 0) is 20.7 Å². The maximum absolute atomic E-state index is 13.3. The van der Waals surface area contributed by atoms with E-state index in [-0.39, 0.29) is 12.0 Å². The quantitative estimate of drug-likeness (QED) is 0.664. The number of esters is 1. The van der Waals surface area contributed by atoms with Crippen molar-refractivity contribution >= 4 is 11.9 Å². The fourth-order valence-electron chi connectivity index (χ4n) is 1.38. The molecule has 0 atom stereocenters. The normalized spacial score (nSPS) is 9.37. The van der Waals surface area contributed by atoms with Gasteiger partial charge < -0.3 is 9.84 Å². The highest BCUT2D eigenvalue weighted by Gasteiger charge is 2.07. The van der Waals surface area contributed by atoms with Crippen LogP contribution >= 0.6 is 0 Å². The van der Waals surface area contributed by atoms with Crippen molar-refractivity contribution in [3.8, 4) is 11.8 Å². The van der Waals surface area contributed by atoms with Crippen molar-refractivity contribution in [2.45, 2.75) is 19.8 Å². The topological polar surface area (TPSA) is 63.6 Å². The molecule has 1 aromatic rings. The number of aliphatic carboxylic acids is 1. The van der Waals surface area contributed by atoms with Crippen molar-refractivity contribution in [1.82, 2.24) is 0 Å². The first kappa shape index (κ1) is 14.7. The van der Waals surface area contributed by atoms with Gasteiger partial charge in [0, 0.05) is 11.1 Å². The highest BCUT2D eigenvalue weighted by Crippen LogP contribution is 2.10. The molecule has 0 aliphatic rings. The number of carbonyl (C=O) groups is 2. The number of ether oxygens (including phenoxy) is 1. The lowest BCUT2D eigenvalue weighted by atomic mass is 10.1. The fourth-order valence-corrected chi connectivity index (χ4v) is 1.38. The second-order valence-corrected chi connectivity index (χ2v) is 3.66. The minimum Gasteiger partial charge on any atom is -0.481 e. The van der Waals surface area contributed by atoms with Crippen LogP contribution in [0, 0.1) is 17.7 Å². The average molecular weight is 264 g/mol. The van der Waals surface area contributed by atoms with Crippen LogP contribution in [-0.4, -0.2) is 23.7 Å². The van der Waals surface area contributed by atoms with Crippen molar-refractivity contribution in [1.29, 1.82) is 0 Å². The Bertz CT molecular complexity index is 540. The number of hydrogen-bond acceptors (Lipinski definition) is 3. The van der Waals surface area contributed by atoms with Gasteiger partial charge in [0.15, 0.2) is 0 Å². The first-order chi connectivity index (χ1) is 9.02. The highest BCUT2D eigenvalue weighted by atomic mass is 19.1. The molecule has 0 heterocycles. The molecule has 0 saturated carbocycles. The van der Waals surface area contributed by atoms with Gasteiger partial charge in [-0.3, -0.25) is 9.59 Å². The maximum Gasteiger partial charge on any atom is 0.317 e. The zero-order valence-electron chi connectivity index (χ0n) is 10.4. The van der Waals surface area contributed by atoms with Crippen molar-refractivity contribution < 1.29 is 23.8 Å². The van der Waals surface area contributed by atoms with Crippen molar-refractivity contribution in [2.24, 2.45) is 0 Å². The van der Waals surface area contributed by atoms with Crippen LogP contribution in [0.3, 0.4) is 0 Å². The number of rotatable bonds is 4. The zero-order valence-corrected chi connectivity index (χ0v) is 10.4. The molecule has 0 aliphatic carbocycles. The molecule has 0 fully saturated rings. The molecule has 0 spiro atoms. The smallest absolute Gasteiger partial charge is 0.317 e. The first-order valence-corrected chi connectivity index (χ1v) is 5.67. The highest BCUT2D eigenvalue weighted by molar-refractivity contribution is 5.72. The van der Waals surface area contributed by atoms with E-state index in [1.165, 1.54) is 12.1 Å². The third-order valence-corrected chi connectivity index (χ3v) is 2.16. The lowest BCUT2D eigenvalue weighted by Gasteiger charge is -2.00. The summed E-state index contributed by atoms with van der Waals surface area (Å²) < 4.78 is 18.0. The molecule has 4 nitrogen and oxygen atoms in total. The minimum atomic E-state index is -1.12. The Labute approximate surface area is 110 Å². The summed E-state index contributed by atoms with van der Waals surface area (Å²) >= 11 is 0. The zero-order chi connectivity index (χ0) is 14.3. The molecule has 0 unspecified atom stereocenters. The molecule has 0 saturated heterocycles. The van der Waals surface area contributed by atoms with Gasteiger partial charge in [0.25, 0.3) is 0 Å². The van der Waals surface area contributed by atoms with E-state index in [2.05, 4.69) is 11.8 Å². The van der Waals surface area contributed by atoms with Crippen LogP contribution in [0.1, 0.15) is 24.5 Å². The predicted octanol–water partition coefficient (Wildman–Crippen LogP) is 1.76. The summed E-state index contributed by atoms with van der Waals surface area (Å²) in [7, 11) is 0. The van der Waals surface area contributed by atoms with Crippen LogP contribution in [0.15, 0.2) is 18.2 Å². The molecule has 5 heteroatoms. The number of halogens is 1. The van der Waals surface area contributed by atoms with Crippen LogP contribution in [0.25, 0.3) is 0 Å². The molecule has 100 valence electrons. The minimum absolute atomic E-state index is 0.0561. The van der Waals surface area contributed by atoms with E-state index < -0.39 is 24.2 Å². The van der Waals surface area contributed by atoms with E-state index in [1.54, 1.807) is 6.92 Å². The summed E-state index contributed by atoms with van der Waals surface area (Å²) in [6, 6.07) is 3.95. The van der Waals surface area contributed by atoms with Gasteiger partial charge in [-0.25, -0.2) is 4.39 Å². The fraction of sp³-hybridized carbons (Fsp3) is 0.286. The summed E-state index contributed by atoms with van der Waals surface area (Å²) in [5.41, 5.74) is 0.525. The predicted molar refractivity (Wildman–Crippen MR) is 65.9 cm³/mol. The average Bonchev–Trinajstić information content (AvgIpc) is 2.33. The van der Waals surface area contributed by atoms with Gasteiger partial charge in [0.2, 0.25) is 0 Å². The Morgan fingerprint density at radius 3 is 2.79 bits per heavy atom. The summed E-state index contributed by atoms with van der Waals surface area (Å²) in [5, 5.41) is 8.63. The van der Waals surface area contributed by atoms with Crippen molar-refractivity contribution in [3.05, 3.63) is 35.1 Å². The van der Waals surface area contributed by atoms with Crippen LogP contribution in [0.5, 0.6) is 0 Å². The third kappa shape index (κ3) is 5.21. The third-order valence-electron chi connectivity index (χ3n) is 2.16. The maximum atomic E-state index is 13.3. The lowest BCUT2D eigenvalue weighted by Crippen LogP contribution is -2.03. The van der Waals surface area contributed by atoms with E-state index in [9.17, 15) is 14.0 Å². The molecule has 1 rings (SSSR count). The molecule has 1 N–H and O–H groups in total. The van der Waals surface area contributed by atoms with E-state index in [0.717, 1.165) is 6.07 Å². The van der Waals surface area contributed by atoms with E-state index in [4.69, 9.17) is 9.84 Å². The molecular weight excluding hydrogens is 251 g/mol. The van der Waals surface area contributed by atoms with Gasteiger partial charge in [-0.1, -0.05) is 11.8 Å². The molecule has 0 amide bonds. The Kier molecular flexibility index (Phi) is 5.55. The van der Waals surface area contributed by atoms with Gasteiger partial charge in [0.1, 0.15) is 12.2 Å². The van der Waals surface area contributed by atoms with Crippen LogP contribution in [0.2, 0.25) is 0 Å². The first-order valence-electron chi connectivity index (χ1n) is 5.67. The lowest BCUT2D eigenvalue weighted by molar-refractivity contribution is -0.142. The second-order valence-electron chi connectivity index (χ2n) is 3.66. The van der Waals surface area contributed by atoms with Gasteiger partial charge >= 0.3 is 11.9 Å². The molecule has 0 aromatic heterocycles. The number of carboxylic acid groups (broad SMARTS) is 1. The summed E-state index contributed by atoms with van der Waals surface area (Å²) in [6.07, 6.45) is -0.460. The largest absolute Gasteiger partial charge is 0.481 e. The Morgan fingerprint density at radius 2 is 2.16 bits per heavy atom. The summed E-state index contributed by atoms with van der Waals surface area (Å²) in [4.78, 5) is 21.6. The van der Waals surface area contributed by atoms with Crippen LogP contribution in [0.4, 0.5) is 4.39 Å². The monoisotopic (exact) mass is 264 g/mol. The van der Waals surface area contributed by atoms with E-state index in [0.29, 0.717) is 12.2 Å². The number of hydrogen-bond donors (Lipinski definition) is 1. The summed E-state index contributed by atoms with van der Waals surface area (Å²) in [6.45, 7) is 1.99. The van der Waals surface area contributed by atoms with E-state index in [1.807, 2.05) is 0 Å². The Hall–Kier alpha value is -2.35. The number of benzene rings is 1. The number of carbonyl (C=O) groups excluding carboxylic acids is 1. The molecular formula is C14H13FO4. The SMILES string of the molecule is CCOC(=O)CC#Cc1ccc(F)c(CC(=O)O)c1. The molecule has 0 aliphatic heterocycles. The number of carboxylic acids is 1. The van der Waals surface area contributed by atoms with Gasteiger partial charge in [-0.05, 0) is 25.1 Å². The molecule has 1 aromatic carbocycles. The standard InChI is InChI=1S/C14H13FO4/c1-2-19-14(18)5-3-4-10-6-7-12(15)11(8-10)9-13(16)17/h6-8H,2,5,9H2,1H3,(H,16,17). The molecule has 0 bridgehead atoms. The van der Waals surface area contributed by atoms with Gasteiger partial charge in [0.05, 0.1) is 13.0 Å². The van der Waals surface area contributed by atoms with Crippen LogP contribution < -0.4 is 0 Å².